The van der Waals surface area contributed by atoms with Crippen molar-refractivity contribution in [1.82, 2.24) is 5.32 Å². The fourth-order valence-corrected chi connectivity index (χ4v) is 2.35. The number of carbonyl (C=O) groups is 1. The Hall–Kier alpha value is -1.21. The molecular formula is C14H20Cl2N2O4. The van der Waals surface area contributed by atoms with Crippen LogP contribution in [0.1, 0.15) is 6.42 Å². The zero-order valence-corrected chi connectivity index (χ0v) is 14.1. The molecule has 0 spiro atoms. The minimum Gasteiger partial charge on any atom is -0.495 e. The molecule has 1 saturated heterocycles. The molecule has 1 heterocycles. The molecule has 0 aliphatic carbocycles. The van der Waals surface area contributed by atoms with Gasteiger partial charge in [-0.3, -0.25) is 4.79 Å². The molecule has 1 atom stereocenters. The molecule has 1 aromatic carbocycles. The zero-order chi connectivity index (χ0) is 15.2. The number of anilines is 1. The number of benzene rings is 1. The molecule has 1 aromatic rings. The minimum absolute atomic E-state index is 0. The van der Waals surface area contributed by atoms with E-state index in [2.05, 4.69) is 10.6 Å². The Morgan fingerprint density at radius 2 is 2.14 bits per heavy atom. The van der Waals surface area contributed by atoms with Crippen molar-refractivity contribution >= 4 is 35.6 Å². The third kappa shape index (κ3) is 4.91. The van der Waals surface area contributed by atoms with Crippen LogP contribution in [-0.4, -0.2) is 45.9 Å². The molecule has 2 N–H and O–H groups in total. The van der Waals surface area contributed by atoms with E-state index in [9.17, 15) is 4.79 Å². The van der Waals surface area contributed by atoms with E-state index >= 15 is 0 Å². The van der Waals surface area contributed by atoms with Crippen LogP contribution in [-0.2, 0) is 9.53 Å². The molecule has 2 rings (SSSR count). The average molecular weight is 351 g/mol. The molecule has 6 nitrogen and oxygen atoms in total. The van der Waals surface area contributed by atoms with Crippen LogP contribution in [0, 0.1) is 0 Å². The molecule has 1 unspecified atom stereocenters. The second kappa shape index (κ2) is 9.05. The summed E-state index contributed by atoms with van der Waals surface area (Å²) in [6.45, 7) is 2.12. The van der Waals surface area contributed by atoms with Crippen molar-refractivity contribution in [2.45, 2.75) is 12.5 Å². The van der Waals surface area contributed by atoms with Crippen LogP contribution in [0.2, 0.25) is 5.02 Å². The van der Waals surface area contributed by atoms with Gasteiger partial charge in [0.2, 0.25) is 5.91 Å². The molecule has 8 heteroatoms. The topological polar surface area (TPSA) is 68.8 Å². The van der Waals surface area contributed by atoms with Crippen LogP contribution in [0.3, 0.4) is 0 Å². The zero-order valence-electron chi connectivity index (χ0n) is 12.5. The number of carbonyl (C=O) groups excluding carboxylic acids is 1. The number of ether oxygens (including phenoxy) is 3. The number of methoxy groups -OCH3 is 2. The van der Waals surface area contributed by atoms with E-state index in [1.807, 2.05) is 0 Å². The van der Waals surface area contributed by atoms with E-state index in [0.29, 0.717) is 35.4 Å². The molecule has 1 amide bonds. The van der Waals surface area contributed by atoms with Gasteiger partial charge >= 0.3 is 0 Å². The second-order valence-electron chi connectivity index (χ2n) is 4.64. The second-order valence-corrected chi connectivity index (χ2v) is 5.04. The number of rotatable bonds is 5. The first kappa shape index (κ1) is 18.8. The maximum Gasteiger partial charge on any atom is 0.227 e. The standard InChI is InChI=1S/C14H19ClN2O4.ClH/c1-19-12-7-11(13(20-2)6-10(12)15)17-14(18)5-9-8-16-3-4-21-9;/h6-7,9,16H,3-5,8H2,1-2H3,(H,17,18);1H. The summed E-state index contributed by atoms with van der Waals surface area (Å²) >= 11 is 6.03. The van der Waals surface area contributed by atoms with Crippen LogP contribution in [0.15, 0.2) is 12.1 Å². The molecule has 0 aromatic heterocycles. The van der Waals surface area contributed by atoms with Crippen LogP contribution in [0.25, 0.3) is 0 Å². The summed E-state index contributed by atoms with van der Waals surface area (Å²) in [6.07, 6.45) is 0.167. The minimum atomic E-state index is -0.147. The Morgan fingerprint density at radius 1 is 1.41 bits per heavy atom. The van der Waals surface area contributed by atoms with Crippen molar-refractivity contribution in [3.8, 4) is 11.5 Å². The summed E-state index contributed by atoms with van der Waals surface area (Å²) in [5.41, 5.74) is 0.521. The monoisotopic (exact) mass is 350 g/mol. The summed E-state index contributed by atoms with van der Waals surface area (Å²) in [5, 5.41) is 6.41. The molecule has 22 heavy (non-hydrogen) atoms. The predicted molar refractivity (Wildman–Crippen MR) is 87.7 cm³/mol. The van der Waals surface area contributed by atoms with Gasteiger partial charge < -0.3 is 24.8 Å². The first-order valence-corrected chi connectivity index (χ1v) is 7.05. The van der Waals surface area contributed by atoms with Crippen molar-refractivity contribution < 1.29 is 19.0 Å². The van der Waals surface area contributed by atoms with Crippen molar-refractivity contribution in [1.29, 1.82) is 0 Å². The van der Waals surface area contributed by atoms with Gasteiger partial charge in [0.15, 0.2) is 0 Å². The highest BCUT2D eigenvalue weighted by atomic mass is 35.5. The highest BCUT2D eigenvalue weighted by molar-refractivity contribution is 6.32. The van der Waals surface area contributed by atoms with Crippen LogP contribution in [0.5, 0.6) is 11.5 Å². The molecule has 0 saturated carbocycles. The quantitative estimate of drug-likeness (QED) is 0.850. The lowest BCUT2D eigenvalue weighted by molar-refractivity contribution is -0.119. The van der Waals surface area contributed by atoms with E-state index < -0.39 is 0 Å². The fraction of sp³-hybridized carbons (Fsp3) is 0.500. The highest BCUT2D eigenvalue weighted by Gasteiger charge is 2.19. The Labute approximate surface area is 140 Å². The molecule has 1 aliphatic heterocycles. The van der Waals surface area contributed by atoms with Gasteiger partial charge in [-0.1, -0.05) is 11.6 Å². The summed E-state index contributed by atoms with van der Waals surface area (Å²) in [6, 6.07) is 3.24. The molecule has 1 fully saturated rings. The van der Waals surface area contributed by atoms with Crippen LogP contribution < -0.4 is 20.1 Å². The Bertz CT molecular complexity index is 508. The van der Waals surface area contributed by atoms with Gasteiger partial charge in [-0.25, -0.2) is 0 Å². The Morgan fingerprint density at radius 3 is 2.73 bits per heavy atom. The van der Waals surface area contributed by atoms with Crippen LogP contribution >= 0.6 is 24.0 Å². The van der Waals surface area contributed by atoms with Gasteiger partial charge in [0.05, 0.1) is 44.1 Å². The van der Waals surface area contributed by atoms with E-state index in [1.54, 1.807) is 12.1 Å². The molecule has 1 aliphatic rings. The predicted octanol–water partition coefficient (Wildman–Crippen LogP) is 2.10. The average Bonchev–Trinajstić information content (AvgIpc) is 2.49. The van der Waals surface area contributed by atoms with E-state index in [4.69, 9.17) is 25.8 Å². The SMILES string of the molecule is COc1cc(NC(=O)CC2CNCCO2)c(OC)cc1Cl.Cl. The maximum atomic E-state index is 12.1. The first-order valence-electron chi connectivity index (χ1n) is 6.67. The fourth-order valence-electron chi connectivity index (χ4n) is 2.12. The van der Waals surface area contributed by atoms with Gasteiger partial charge in [-0.05, 0) is 0 Å². The lowest BCUT2D eigenvalue weighted by Gasteiger charge is -2.23. The normalized spacial score (nSPS) is 17.3. The smallest absolute Gasteiger partial charge is 0.227 e. The highest BCUT2D eigenvalue weighted by Crippen LogP contribution is 2.35. The maximum absolute atomic E-state index is 12.1. The van der Waals surface area contributed by atoms with Crippen molar-refractivity contribution in [3.05, 3.63) is 17.2 Å². The summed E-state index contributed by atoms with van der Waals surface area (Å²) in [5.74, 6) is 0.812. The largest absolute Gasteiger partial charge is 0.495 e. The van der Waals surface area contributed by atoms with Crippen molar-refractivity contribution in [2.24, 2.45) is 0 Å². The van der Waals surface area contributed by atoms with Crippen molar-refractivity contribution in [3.63, 3.8) is 0 Å². The molecular weight excluding hydrogens is 331 g/mol. The van der Waals surface area contributed by atoms with Gasteiger partial charge in [0.25, 0.3) is 0 Å². The molecule has 0 bridgehead atoms. The van der Waals surface area contributed by atoms with E-state index in [0.717, 1.165) is 6.54 Å². The first-order chi connectivity index (χ1) is 10.1. The number of morpholine rings is 1. The Kier molecular flexibility index (Phi) is 7.75. The molecule has 124 valence electrons. The lowest BCUT2D eigenvalue weighted by atomic mass is 10.2. The van der Waals surface area contributed by atoms with Gasteiger partial charge in [-0.15, -0.1) is 12.4 Å². The summed E-state index contributed by atoms with van der Waals surface area (Å²) < 4.78 is 15.9. The number of halogens is 2. The number of hydrogen-bond acceptors (Lipinski definition) is 5. The van der Waals surface area contributed by atoms with Gasteiger partial charge in [0.1, 0.15) is 11.5 Å². The number of hydrogen-bond donors (Lipinski definition) is 2. The number of amides is 1. The number of nitrogens with one attached hydrogen (secondary N) is 2. The molecule has 0 radical (unpaired) electrons. The van der Waals surface area contributed by atoms with E-state index in [1.165, 1.54) is 14.2 Å². The third-order valence-corrected chi connectivity index (χ3v) is 3.46. The Balaban J connectivity index is 0.00000242. The lowest BCUT2D eigenvalue weighted by Crippen LogP contribution is -2.40. The van der Waals surface area contributed by atoms with Crippen molar-refractivity contribution in [2.75, 3.05) is 39.2 Å². The van der Waals surface area contributed by atoms with Gasteiger partial charge in [-0.2, -0.15) is 0 Å². The third-order valence-electron chi connectivity index (χ3n) is 3.17. The summed E-state index contributed by atoms with van der Waals surface area (Å²) in [4.78, 5) is 12.1. The van der Waals surface area contributed by atoms with Gasteiger partial charge in [0, 0.05) is 25.2 Å². The van der Waals surface area contributed by atoms with Crippen LogP contribution in [0.4, 0.5) is 5.69 Å². The van der Waals surface area contributed by atoms with E-state index in [-0.39, 0.29) is 30.8 Å². The summed E-state index contributed by atoms with van der Waals surface area (Å²) in [7, 11) is 3.03.